The fourth-order valence-electron chi connectivity index (χ4n) is 2.08. The minimum absolute atomic E-state index is 0.122. The van der Waals surface area contributed by atoms with Crippen LogP contribution < -0.4 is 0 Å². The molecule has 4 nitrogen and oxygen atoms in total. The average molecular weight is 272 g/mol. The molecule has 1 aliphatic heterocycles. The predicted molar refractivity (Wildman–Crippen MR) is 73.0 cm³/mol. The molecular formula is C14H10ClN3O. The maximum Gasteiger partial charge on any atom is 0.143 e. The van der Waals surface area contributed by atoms with Crippen molar-refractivity contribution in [1.29, 1.82) is 0 Å². The zero-order valence-corrected chi connectivity index (χ0v) is 10.8. The summed E-state index contributed by atoms with van der Waals surface area (Å²) in [5.41, 5.74) is 3.21. The van der Waals surface area contributed by atoms with Gasteiger partial charge in [-0.3, -0.25) is 9.79 Å². The van der Waals surface area contributed by atoms with Gasteiger partial charge in [-0.2, -0.15) is 10.2 Å². The quantitative estimate of drug-likeness (QED) is 0.801. The molecule has 0 aliphatic carbocycles. The number of aromatic nitrogens is 2. The van der Waals surface area contributed by atoms with E-state index in [0.717, 1.165) is 22.5 Å². The van der Waals surface area contributed by atoms with Gasteiger partial charge in [0, 0.05) is 23.4 Å². The molecule has 19 heavy (non-hydrogen) atoms. The van der Waals surface area contributed by atoms with Crippen LogP contribution in [0.4, 0.5) is 5.69 Å². The van der Waals surface area contributed by atoms with E-state index in [9.17, 15) is 4.79 Å². The summed E-state index contributed by atoms with van der Waals surface area (Å²) in [6.45, 7) is 0. The molecule has 5 heteroatoms. The van der Waals surface area contributed by atoms with E-state index < -0.39 is 0 Å². The SMILES string of the molecule is O=C1CC(c2ccnnc2)=Nc2ccc(Cl)cc2C1. The molecule has 0 fully saturated rings. The molecule has 1 aromatic carbocycles. The van der Waals surface area contributed by atoms with E-state index in [0.29, 0.717) is 17.9 Å². The third-order valence-corrected chi connectivity index (χ3v) is 3.20. The molecule has 2 aromatic rings. The summed E-state index contributed by atoms with van der Waals surface area (Å²) in [7, 11) is 0. The fraction of sp³-hybridized carbons (Fsp3) is 0.143. The van der Waals surface area contributed by atoms with Crippen LogP contribution in [-0.4, -0.2) is 21.7 Å². The zero-order valence-electron chi connectivity index (χ0n) is 10.0. The molecule has 0 saturated heterocycles. The monoisotopic (exact) mass is 271 g/mol. The summed E-state index contributed by atoms with van der Waals surface area (Å²) in [6.07, 6.45) is 3.88. The third-order valence-electron chi connectivity index (χ3n) is 2.97. The number of hydrogen-bond donors (Lipinski definition) is 0. The molecule has 0 spiro atoms. The van der Waals surface area contributed by atoms with Gasteiger partial charge in [-0.05, 0) is 29.8 Å². The zero-order chi connectivity index (χ0) is 13.2. The van der Waals surface area contributed by atoms with Gasteiger partial charge in [-0.1, -0.05) is 11.6 Å². The number of ketones is 1. The molecule has 3 rings (SSSR count). The Morgan fingerprint density at radius 3 is 2.79 bits per heavy atom. The van der Waals surface area contributed by atoms with Crippen molar-refractivity contribution in [3.05, 3.63) is 52.8 Å². The summed E-state index contributed by atoms with van der Waals surface area (Å²) < 4.78 is 0. The maximum absolute atomic E-state index is 12.0. The number of carbonyl (C=O) groups excluding carboxylic acids is 1. The molecule has 0 unspecified atom stereocenters. The highest BCUT2D eigenvalue weighted by Crippen LogP contribution is 2.28. The number of rotatable bonds is 1. The lowest BCUT2D eigenvalue weighted by molar-refractivity contribution is -0.117. The molecule has 0 atom stereocenters. The molecule has 1 aromatic heterocycles. The second-order valence-electron chi connectivity index (χ2n) is 4.35. The van der Waals surface area contributed by atoms with Crippen molar-refractivity contribution in [3.63, 3.8) is 0 Å². The highest BCUT2D eigenvalue weighted by atomic mass is 35.5. The van der Waals surface area contributed by atoms with Crippen LogP contribution in [0.2, 0.25) is 5.02 Å². The van der Waals surface area contributed by atoms with Crippen LogP contribution in [0.3, 0.4) is 0 Å². The van der Waals surface area contributed by atoms with E-state index >= 15 is 0 Å². The number of halogens is 1. The number of carbonyl (C=O) groups is 1. The number of fused-ring (bicyclic) bond motifs is 1. The van der Waals surface area contributed by atoms with Crippen molar-refractivity contribution in [2.45, 2.75) is 12.8 Å². The normalized spacial score (nSPS) is 14.6. The van der Waals surface area contributed by atoms with Crippen LogP contribution in [0.15, 0.2) is 41.7 Å². The summed E-state index contributed by atoms with van der Waals surface area (Å²) in [5.74, 6) is 0.122. The van der Waals surface area contributed by atoms with E-state index in [-0.39, 0.29) is 5.78 Å². The van der Waals surface area contributed by atoms with Gasteiger partial charge in [0.05, 0.1) is 23.8 Å². The Bertz CT molecular complexity index is 668. The first-order valence-corrected chi connectivity index (χ1v) is 6.25. The van der Waals surface area contributed by atoms with Gasteiger partial charge in [0.15, 0.2) is 0 Å². The fourth-order valence-corrected chi connectivity index (χ4v) is 2.27. The molecule has 0 saturated carbocycles. The van der Waals surface area contributed by atoms with Crippen LogP contribution in [0.5, 0.6) is 0 Å². The maximum atomic E-state index is 12.0. The summed E-state index contributed by atoms with van der Waals surface area (Å²) in [4.78, 5) is 16.6. The molecule has 0 amide bonds. The third kappa shape index (κ3) is 2.53. The molecule has 94 valence electrons. The lowest BCUT2D eigenvalue weighted by atomic mass is 10.0. The van der Waals surface area contributed by atoms with Gasteiger partial charge in [0.2, 0.25) is 0 Å². The van der Waals surface area contributed by atoms with Gasteiger partial charge >= 0.3 is 0 Å². The van der Waals surface area contributed by atoms with Gasteiger partial charge in [-0.25, -0.2) is 0 Å². The minimum Gasteiger partial charge on any atom is -0.299 e. The molecule has 0 radical (unpaired) electrons. The van der Waals surface area contributed by atoms with Gasteiger partial charge in [-0.15, -0.1) is 0 Å². The topological polar surface area (TPSA) is 55.2 Å². The second-order valence-corrected chi connectivity index (χ2v) is 4.79. The first kappa shape index (κ1) is 12.0. The van der Waals surface area contributed by atoms with Gasteiger partial charge in [0.1, 0.15) is 5.78 Å². The Balaban J connectivity index is 2.11. The highest BCUT2D eigenvalue weighted by Gasteiger charge is 2.18. The first-order chi connectivity index (χ1) is 9.22. The smallest absolute Gasteiger partial charge is 0.143 e. The average Bonchev–Trinajstić information content (AvgIpc) is 2.57. The molecule has 2 heterocycles. The van der Waals surface area contributed by atoms with Crippen LogP contribution in [0.1, 0.15) is 17.5 Å². The largest absolute Gasteiger partial charge is 0.299 e. The van der Waals surface area contributed by atoms with E-state index in [1.807, 2.05) is 6.07 Å². The highest BCUT2D eigenvalue weighted by molar-refractivity contribution is 6.30. The van der Waals surface area contributed by atoms with E-state index in [1.54, 1.807) is 30.6 Å². The predicted octanol–water partition coefficient (Wildman–Crippen LogP) is 2.77. The molecule has 1 aliphatic rings. The van der Waals surface area contributed by atoms with Crippen molar-refractivity contribution in [3.8, 4) is 0 Å². The van der Waals surface area contributed by atoms with Crippen molar-refractivity contribution in [2.24, 2.45) is 4.99 Å². The van der Waals surface area contributed by atoms with Gasteiger partial charge < -0.3 is 0 Å². The number of nitrogens with zero attached hydrogens (tertiary/aromatic N) is 3. The Kier molecular flexibility index (Phi) is 3.09. The Morgan fingerprint density at radius 1 is 1.11 bits per heavy atom. The Labute approximate surface area is 115 Å². The number of hydrogen-bond acceptors (Lipinski definition) is 4. The summed E-state index contributed by atoms with van der Waals surface area (Å²) in [6, 6.07) is 7.22. The summed E-state index contributed by atoms with van der Waals surface area (Å²) >= 11 is 5.95. The number of aliphatic imine (C=N–C) groups is 1. The number of benzene rings is 1. The summed E-state index contributed by atoms with van der Waals surface area (Å²) in [5, 5.41) is 8.17. The number of Topliss-reactive ketones (excluding diaryl/α,β-unsaturated/α-hetero) is 1. The van der Waals surface area contributed by atoms with Crippen molar-refractivity contribution in [2.75, 3.05) is 0 Å². The first-order valence-electron chi connectivity index (χ1n) is 5.87. The molecular weight excluding hydrogens is 262 g/mol. The van der Waals surface area contributed by atoms with E-state index in [2.05, 4.69) is 15.2 Å². The lowest BCUT2D eigenvalue weighted by Gasteiger charge is -2.02. The Morgan fingerprint density at radius 2 is 2.00 bits per heavy atom. The van der Waals surface area contributed by atoms with E-state index in [4.69, 9.17) is 11.6 Å². The van der Waals surface area contributed by atoms with Crippen LogP contribution in [0, 0.1) is 0 Å². The van der Waals surface area contributed by atoms with Crippen LogP contribution >= 0.6 is 11.6 Å². The van der Waals surface area contributed by atoms with E-state index in [1.165, 1.54) is 0 Å². The lowest BCUT2D eigenvalue weighted by Crippen LogP contribution is -2.09. The standard InChI is InChI=1S/C14H10ClN3O/c15-11-1-2-13-10(5-11)6-12(19)7-14(18-13)9-3-4-16-17-8-9/h1-5,8H,6-7H2. The second kappa shape index (κ2) is 4.90. The molecule has 0 N–H and O–H groups in total. The minimum atomic E-state index is 0.122. The van der Waals surface area contributed by atoms with Crippen LogP contribution in [-0.2, 0) is 11.2 Å². The van der Waals surface area contributed by atoms with Crippen molar-refractivity contribution < 1.29 is 4.79 Å². The Hall–Kier alpha value is -2.07. The van der Waals surface area contributed by atoms with Crippen LogP contribution in [0.25, 0.3) is 0 Å². The van der Waals surface area contributed by atoms with Gasteiger partial charge in [0.25, 0.3) is 0 Å². The van der Waals surface area contributed by atoms with Crippen molar-refractivity contribution >= 4 is 28.8 Å². The van der Waals surface area contributed by atoms with Crippen molar-refractivity contribution in [1.82, 2.24) is 10.2 Å². The molecule has 0 bridgehead atoms.